The number of nitrogens with one attached hydrogen (secondary N) is 2. The van der Waals surface area contributed by atoms with Gasteiger partial charge in [0, 0.05) is 30.9 Å². The highest BCUT2D eigenvalue weighted by molar-refractivity contribution is 5.79. The third-order valence-electron chi connectivity index (χ3n) is 3.66. The maximum Gasteiger partial charge on any atom is 0.242 e. The number of amides is 1. The number of carbonyl (C=O) groups is 1. The summed E-state index contributed by atoms with van der Waals surface area (Å²) in [6, 6.07) is -0.197. The van der Waals surface area contributed by atoms with E-state index in [1.165, 1.54) is 0 Å². The van der Waals surface area contributed by atoms with E-state index in [2.05, 4.69) is 29.5 Å². The van der Waals surface area contributed by atoms with E-state index < -0.39 is 0 Å². The van der Waals surface area contributed by atoms with Gasteiger partial charge < -0.3 is 15.2 Å². The number of aromatic nitrogens is 2. The van der Waals surface area contributed by atoms with Crippen molar-refractivity contribution in [3.63, 3.8) is 0 Å². The SMILES string of the molecule is CC(C)CNC(=O)C(C)n1cncc1C1CCNC1. The molecule has 0 spiro atoms. The van der Waals surface area contributed by atoms with Crippen molar-refractivity contribution < 1.29 is 4.79 Å². The fourth-order valence-electron chi connectivity index (χ4n) is 2.44. The van der Waals surface area contributed by atoms with Gasteiger partial charge in [-0.15, -0.1) is 0 Å². The van der Waals surface area contributed by atoms with Crippen LogP contribution in [-0.4, -0.2) is 35.1 Å². The summed E-state index contributed by atoms with van der Waals surface area (Å²) in [7, 11) is 0. The van der Waals surface area contributed by atoms with Crippen LogP contribution in [0, 0.1) is 5.92 Å². The summed E-state index contributed by atoms with van der Waals surface area (Å²) < 4.78 is 2.01. The molecule has 2 atom stereocenters. The monoisotopic (exact) mass is 264 g/mol. The summed E-state index contributed by atoms with van der Waals surface area (Å²) >= 11 is 0. The Morgan fingerprint density at radius 2 is 2.37 bits per heavy atom. The van der Waals surface area contributed by atoms with Gasteiger partial charge in [-0.05, 0) is 25.8 Å². The molecule has 1 fully saturated rings. The predicted octanol–water partition coefficient (Wildman–Crippen LogP) is 1.29. The molecule has 2 N–H and O–H groups in total. The van der Waals surface area contributed by atoms with Crippen LogP contribution < -0.4 is 10.6 Å². The topological polar surface area (TPSA) is 59.0 Å². The lowest BCUT2D eigenvalue weighted by molar-refractivity contribution is -0.124. The molecular formula is C14H24N4O. The molecule has 1 aromatic heterocycles. The molecule has 2 heterocycles. The van der Waals surface area contributed by atoms with Gasteiger partial charge in [0.15, 0.2) is 0 Å². The molecule has 0 saturated carbocycles. The number of nitrogens with zero attached hydrogens (tertiary/aromatic N) is 2. The molecule has 19 heavy (non-hydrogen) atoms. The Hall–Kier alpha value is -1.36. The molecule has 0 radical (unpaired) electrons. The molecule has 2 unspecified atom stereocenters. The molecule has 5 nitrogen and oxygen atoms in total. The van der Waals surface area contributed by atoms with Gasteiger partial charge in [-0.1, -0.05) is 13.8 Å². The summed E-state index contributed by atoms with van der Waals surface area (Å²) in [6.07, 6.45) is 4.78. The van der Waals surface area contributed by atoms with Gasteiger partial charge >= 0.3 is 0 Å². The fourth-order valence-corrected chi connectivity index (χ4v) is 2.44. The van der Waals surface area contributed by atoms with Crippen LogP contribution in [0.3, 0.4) is 0 Å². The maximum atomic E-state index is 12.1. The van der Waals surface area contributed by atoms with Crippen LogP contribution in [0.5, 0.6) is 0 Å². The van der Waals surface area contributed by atoms with Crippen molar-refractivity contribution in [3.05, 3.63) is 18.2 Å². The van der Waals surface area contributed by atoms with E-state index in [-0.39, 0.29) is 11.9 Å². The van der Waals surface area contributed by atoms with Crippen molar-refractivity contribution in [3.8, 4) is 0 Å². The smallest absolute Gasteiger partial charge is 0.242 e. The van der Waals surface area contributed by atoms with E-state index in [0.29, 0.717) is 11.8 Å². The third kappa shape index (κ3) is 3.35. The third-order valence-corrected chi connectivity index (χ3v) is 3.66. The molecule has 0 aliphatic carbocycles. The predicted molar refractivity (Wildman–Crippen MR) is 75.0 cm³/mol. The van der Waals surface area contributed by atoms with E-state index in [1.807, 2.05) is 17.7 Å². The molecule has 5 heteroatoms. The Morgan fingerprint density at radius 1 is 1.58 bits per heavy atom. The standard InChI is InChI=1S/C14H24N4O/c1-10(2)6-17-14(19)11(3)18-9-16-8-13(18)12-4-5-15-7-12/h8-12,15H,4-7H2,1-3H3,(H,17,19). The summed E-state index contributed by atoms with van der Waals surface area (Å²) in [5, 5.41) is 6.34. The Bertz CT molecular complexity index is 421. The maximum absolute atomic E-state index is 12.1. The number of carbonyl (C=O) groups excluding carboxylic acids is 1. The van der Waals surface area contributed by atoms with Crippen molar-refractivity contribution >= 4 is 5.91 Å². The molecule has 1 saturated heterocycles. The van der Waals surface area contributed by atoms with E-state index in [4.69, 9.17) is 0 Å². The Morgan fingerprint density at radius 3 is 3.00 bits per heavy atom. The lowest BCUT2D eigenvalue weighted by Crippen LogP contribution is -2.34. The summed E-state index contributed by atoms with van der Waals surface area (Å²) in [5.41, 5.74) is 1.16. The summed E-state index contributed by atoms with van der Waals surface area (Å²) in [4.78, 5) is 16.4. The van der Waals surface area contributed by atoms with Crippen LogP contribution in [0.2, 0.25) is 0 Å². The van der Waals surface area contributed by atoms with Crippen molar-refractivity contribution in [2.75, 3.05) is 19.6 Å². The zero-order valence-corrected chi connectivity index (χ0v) is 12.0. The summed E-state index contributed by atoms with van der Waals surface area (Å²) in [5.74, 6) is 1.01. The largest absolute Gasteiger partial charge is 0.354 e. The lowest BCUT2D eigenvalue weighted by atomic mass is 10.1. The number of imidazole rings is 1. The number of hydrogen-bond donors (Lipinski definition) is 2. The van der Waals surface area contributed by atoms with Gasteiger partial charge in [0.1, 0.15) is 6.04 Å². The van der Waals surface area contributed by atoms with Crippen molar-refractivity contribution in [2.45, 2.75) is 39.2 Å². The van der Waals surface area contributed by atoms with Gasteiger partial charge in [-0.2, -0.15) is 0 Å². The van der Waals surface area contributed by atoms with Crippen LogP contribution in [-0.2, 0) is 4.79 Å². The molecule has 1 aliphatic heterocycles. The van der Waals surface area contributed by atoms with Crippen LogP contribution in [0.25, 0.3) is 0 Å². The zero-order chi connectivity index (χ0) is 13.8. The number of rotatable bonds is 5. The molecule has 0 aromatic carbocycles. The highest BCUT2D eigenvalue weighted by Gasteiger charge is 2.24. The lowest BCUT2D eigenvalue weighted by Gasteiger charge is -2.19. The Kier molecular flexibility index (Phi) is 4.58. The molecule has 1 aliphatic rings. The summed E-state index contributed by atoms with van der Waals surface area (Å²) in [6.45, 7) is 8.87. The van der Waals surface area contributed by atoms with Crippen molar-refractivity contribution in [2.24, 2.45) is 5.92 Å². The van der Waals surface area contributed by atoms with Gasteiger partial charge in [0.25, 0.3) is 0 Å². The second-order valence-electron chi connectivity index (χ2n) is 5.73. The first kappa shape index (κ1) is 14.1. The van der Waals surface area contributed by atoms with Crippen LogP contribution >= 0.6 is 0 Å². The zero-order valence-electron chi connectivity index (χ0n) is 12.0. The van der Waals surface area contributed by atoms with E-state index in [9.17, 15) is 4.79 Å². The van der Waals surface area contributed by atoms with Gasteiger partial charge in [-0.3, -0.25) is 4.79 Å². The molecule has 0 bridgehead atoms. The first-order valence-electron chi connectivity index (χ1n) is 7.09. The first-order chi connectivity index (χ1) is 9.09. The fraction of sp³-hybridized carbons (Fsp3) is 0.714. The minimum Gasteiger partial charge on any atom is -0.354 e. The van der Waals surface area contributed by atoms with Gasteiger partial charge in [0.2, 0.25) is 5.91 Å². The van der Waals surface area contributed by atoms with E-state index in [0.717, 1.165) is 31.7 Å². The number of hydrogen-bond acceptors (Lipinski definition) is 3. The normalized spacial score (nSPS) is 20.7. The van der Waals surface area contributed by atoms with Gasteiger partial charge in [-0.25, -0.2) is 4.98 Å². The molecular weight excluding hydrogens is 240 g/mol. The second kappa shape index (κ2) is 6.19. The minimum absolute atomic E-state index is 0.0684. The average molecular weight is 264 g/mol. The second-order valence-corrected chi connectivity index (χ2v) is 5.73. The molecule has 106 valence electrons. The minimum atomic E-state index is -0.197. The van der Waals surface area contributed by atoms with Crippen LogP contribution in [0.1, 0.15) is 44.8 Å². The Labute approximate surface area is 114 Å². The highest BCUT2D eigenvalue weighted by atomic mass is 16.2. The van der Waals surface area contributed by atoms with Gasteiger partial charge in [0.05, 0.1) is 6.33 Å². The Balaban J connectivity index is 2.04. The highest BCUT2D eigenvalue weighted by Crippen LogP contribution is 2.24. The quantitative estimate of drug-likeness (QED) is 0.842. The van der Waals surface area contributed by atoms with Crippen LogP contribution in [0.4, 0.5) is 0 Å². The van der Waals surface area contributed by atoms with Crippen LogP contribution in [0.15, 0.2) is 12.5 Å². The molecule has 1 aromatic rings. The molecule has 1 amide bonds. The van der Waals surface area contributed by atoms with Crippen molar-refractivity contribution in [1.29, 1.82) is 0 Å². The average Bonchev–Trinajstić information content (AvgIpc) is 3.03. The van der Waals surface area contributed by atoms with E-state index >= 15 is 0 Å². The van der Waals surface area contributed by atoms with Crippen molar-refractivity contribution in [1.82, 2.24) is 20.2 Å². The van der Waals surface area contributed by atoms with E-state index in [1.54, 1.807) is 6.33 Å². The molecule has 2 rings (SSSR count). The first-order valence-corrected chi connectivity index (χ1v) is 7.09.